The van der Waals surface area contributed by atoms with Crippen molar-refractivity contribution in [3.8, 4) is 11.5 Å². The van der Waals surface area contributed by atoms with E-state index < -0.39 is 0 Å². The Morgan fingerprint density at radius 1 is 1.14 bits per heavy atom. The van der Waals surface area contributed by atoms with Crippen LogP contribution in [0.15, 0.2) is 36.4 Å². The molecule has 6 heteroatoms. The van der Waals surface area contributed by atoms with Crippen LogP contribution in [0.4, 0.5) is 0 Å². The molecule has 0 spiro atoms. The van der Waals surface area contributed by atoms with E-state index in [-0.39, 0.29) is 24.4 Å². The van der Waals surface area contributed by atoms with E-state index in [4.69, 9.17) is 21.1 Å². The van der Waals surface area contributed by atoms with Crippen molar-refractivity contribution in [3.05, 3.63) is 58.1 Å². The quantitative estimate of drug-likeness (QED) is 0.680. The monoisotopic (exact) mass is 413 g/mol. The molecule has 2 aliphatic rings. The highest BCUT2D eigenvalue weighted by Gasteiger charge is 2.29. The summed E-state index contributed by atoms with van der Waals surface area (Å²) < 4.78 is 10.7. The highest BCUT2D eigenvalue weighted by Crippen LogP contribution is 2.33. The summed E-state index contributed by atoms with van der Waals surface area (Å²) in [5.74, 6) is 1.52. The second-order valence-corrected chi connectivity index (χ2v) is 8.13. The Balaban J connectivity index is 1.36. The summed E-state index contributed by atoms with van der Waals surface area (Å²) in [7, 11) is 0. The average Bonchev–Trinajstić information content (AvgIpc) is 3.19. The van der Waals surface area contributed by atoms with Crippen molar-refractivity contribution < 1.29 is 19.1 Å². The van der Waals surface area contributed by atoms with Gasteiger partial charge in [0.05, 0.1) is 0 Å². The zero-order valence-corrected chi connectivity index (χ0v) is 17.2. The SMILES string of the molecule is Cc1cc(Cl)ccc1C(=O)[C@@H]1CCCN(C(=O)CCc2ccc3c(c2)OCO3)C1. The minimum atomic E-state index is -0.155. The molecule has 1 saturated heterocycles. The molecule has 2 aromatic rings. The van der Waals surface area contributed by atoms with Gasteiger partial charge in [-0.3, -0.25) is 9.59 Å². The molecule has 1 fully saturated rings. The fraction of sp³-hybridized carbons (Fsp3) is 0.391. The second kappa shape index (κ2) is 8.46. The van der Waals surface area contributed by atoms with Gasteiger partial charge in [0.15, 0.2) is 17.3 Å². The Morgan fingerprint density at radius 2 is 1.97 bits per heavy atom. The number of carbonyl (C=O) groups excluding carboxylic acids is 2. The molecule has 0 N–H and O–H groups in total. The number of halogens is 1. The van der Waals surface area contributed by atoms with Gasteiger partial charge in [0.2, 0.25) is 12.7 Å². The number of nitrogens with zero attached hydrogens (tertiary/aromatic N) is 1. The average molecular weight is 414 g/mol. The zero-order valence-electron chi connectivity index (χ0n) is 16.4. The maximum absolute atomic E-state index is 13.0. The molecule has 2 heterocycles. The van der Waals surface area contributed by atoms with Crippen LogP contribution in [0.1, 0.15) is 40.7 Å². The van der Waals surface area contributed by atoms with E-state index >= 15 is 0 Å². The van der Waals surface area contributed by atoms with Gasteiger partial charge in [-0.05, 0) is 67.6 Å². The molecule has 2 aliphatic heterocycles. The predicted molar refractivity (Wildman–Crippen MR) is 111 cm³/mol. The molecular weight excluding hydrogens is 390 g/mol. The minimum absolute atomic E-state index is 0.0907. The number of rotatable bonds is 5. The van der Waals surface area contributed by atoms with Gasteiger partial charge in [-0.2, -0.15) is 0 Å². The van der Waals surface area contributed by atoms with Gasteiger partial charge in [-0.25, -0.2) is 0 Å². The summed E-state index contributed by atoms with van der Waals surface area (Å²) in [5.41, 5.74) is 2.63. The number of aryl methyl sites for hydroxylation is 2. The lowest BCUT2D eigenvalue weighted by Crippen LogP contribution is -2.42. The third kappa shape index (κ3) is 4.40. The topological polar surface area (TPSA) is 55.8 Å². The van der Waals surface area contributed by atoms with E-state index in [0.29, 0.717) is 36.5 Å². The van der Waals surface area contributed by atoms with Gasteiger partial charge in [0.1, 0.15) is 0 Å². The van der Waals surface area contributed by atoms with E-state index in [9.17, 15) is 9.59 Å². The molecule has 2 aromatic carbocycles. The summed E-state index contributed by atoms with van der Waals surface area (Å²) >= 11 is 6.01. The molecule has 0 aromatic heterocycles. The molecule has 152 valence electrons. The number of fused-ring (bicyclic) bond motifs is 1. The van der Waals surface area contributed by atoms with E-state index in [2.05, 4.69) is 0 Å². The second-order valence-electron chi connectivity index (χ2n) is 7.69. The fourth-order valence-electron chi connectivity index (χ4n) is 4.05. The highest BCUT2D eigenvalue weighted by atomic mass is 35.5. The lowest BCUT2D eigenvalue weighted by atomic mass is 9.88. The van der Waals surface area contributed by atoms with Crippen LogP contribution in [-0.4, -0.2) is 36.5 Å². The summed E-state index contributed by atoms with van der Waals surface area (Å²) in [6.45, 7) is 3.34. The van der Waals surface area contributed by atoms with Gasteiger partial charge in [0.25, 0.3) is 0 Å². The van der Waals surface area contributed by atoms with Crippen molar-refractivity contribution in [1.82, 2.24) is 4.90 Å². The predicted octanol–water partition coefficient (Wildman–Crippen LogP) is 4.43. The molecule has 0 saturated carbocycles. The number of Topliss-reactive ketones (excluding diaryl/α,β-unsaturated/α-hetero) is 1. The van der Waals surface area contributed by atoms with Crippen molar-refractivity contribution in [3.63, 3.8) is 0 Å². The summed E-state index contributed by atoms with van der Waals surface area (Å²) in [4.78, 5) is 27.6. The normalized spacial score (nSPS) is 18.0. The third-order valence-electron chi connectivity index (χ3n) is 5.66. The Morgan fingerprint density at radius 3 is 2.79 bits per heavy atom. The third-order valence-corrected chi connectivity index (χ3v) is 5.90. The minimum Gasteiger partial charge on any atom is -0.454 e. The Hall–Kier alpha value is -2.53. The van der Waals surface area contributed by atoms with Crippen molar-refractivity contribution in [2.45, 2.75) is 32.6 Å². The van der Waals surface area contributed by atoms with Crippen LogP contribution in [0, 0.1) is 12.8 Å². The molecular formula is C23H24ClNO4. The zero-order chi connectivity index (χ0) is 20.4. The van der Waals surface area contributed by atoms with Gasteiger partial charge in [-0.1, -0.05) is 17.7 Å². The molecule has 0 unspecified atom stereocenters. The van der Waals surface area contributed by atoms with Gasteiger partial charge in [0, 0.05) is 36.0 Å². The van der Waals surface area contributed by atoms with Gasteiger partial charge < -0.3 is 14.4 Å². The molecule has 4 rings (SSSR count). The molecule has 0 aliphatic carbocycles. The maximum Gasteiger partial charge on any atom is 0.231 e. The number of ketones is 1. The summed E-state index contributed by atoms with van der Waals surface area (Å²) in [5, 5.41) is 0.628. The van der Waals surface area contributed by atoms with Crippen molar-refractivity contribution >= 4 is 23.3 Å². The van der Waals surface area contributed by atoms with Crippen LogP contribution in [-0.2, 0) is 11.2 Å². The van der Waals surface area contributed by atoms with E-state index in [1.807, 2.05) is 36.1 Å². The Labute approximate surface area is 175 Å². The smallest absolute Gasteiger partial charge is 0.231 e. The molecule has 0 radical (unpaired) electrons. The number of ether oxygens (including phenoxy) is 2. The largest absolute Gasteiger partial charge is 0.454 e. The van der Waals surface area contributed by atoms with Gasteiger partial charge >= 0.3 is 0 Å². The Bertz CT molecular complexity index is 942. The van der Waals surface area contributed by atoms with Crippen LogP contribution >= 0.6 is 11.6 Å². The lowest BCUT2D eigenvalue weighted by molar-refractivity contribution is -0.132. The molecule has 5 nitrogen and oxygen atoms in total. The first-order valence-corrected chi connectivity index (χ1v) is 10.4. The summed E-state index contributed by atoms with van der Waals surface area (Å²) in [6, 6.07) is 11.1. The fourth-order valence-corrected chi connectivity index (χ4v) is 4.27. The van der Waals surface area contributed by atoms with Crippen LogP contribution < -0.4 is 9.47 Å². The first-order chi connectivity index (χ1) is 14.0. The van der Waals surface area contributed by atoms with E-state index in [1.165, 1.54) is 0 Å². The number of benzene rings is 2. The standard InChI is InChI=1S/C23H24ClNO4/c1-15-11-18(24)6-7-19(15)23(27)17-3-2-10-25(13-17)22(26)9-5-16-4-8-20-21(12-16)29-14-28-20/h4,6-8,11-12,17H,2-3,5,9-10,13-14H2,1H3/t17-/m1/s1. The number of hydrogen-bond donors (Lipinski definition) is 0. The van der Waals surface area contributed by atoms with E-state index in [1.54, 1.807) is 12.1 Å². The van der Waals surface area contributed by atoms with Gasteiger partial charge in [-0.15, -0.1) is 0 Å². The van der Waals surface area contributed by atoms with Crippen LogP contribution in [0.5, 0.6) is 11.5 Å². The number of amides is 1. The lowest BCUT2D eigenvalue weighted by Gasteiger charge is -2.32. The summed E-state index contributed by atoms with van der Waals surface area (Å²) in [6.07, 6.45) is 2.72. The van der Waals surface area contributed by atoms with E-state index in [0.717, 1.165) is 35.5 Å². The van der Waals surface area contributed by atoms with Crippen LogP contribution in [0.2, 0.25) is 5.02 Å². The molecule has 0 bridgehead atoms. The number of carbonyl (C=O) groups is 2. The highest BCUT2D eigenvalue weighted by molar-refractivity contribution is 6.30. The molecule has 29 heavy (non-hydrogen) atoms. The number of piperidine rings is 1. The molecule has 1 atom stereocenters. The van der Waals surface area contributed by atoms with Crippen molar-refractivity contribution in [2.75, 3.05) is 19.9 Å². The number of hydrogen-bond acceptors (Lipinski definition) is 4. The first-order valence-electron chi connectivity index (χ1n) is 9.98. The first kappa shape index (κ1) is 19.8. The molecule has 1 amide bonds. The Kier molecular flexibility index (Phi) is 5.76. The van der Waals surface area contributed by atoms with Crippen LogP contribution in [0.3, 0.4) is 0 Å². The van der Waals surface area contributed by atoms with Crippen molar-refractivity contribution in [2.24, 2.45) is 5.92 Å². The van der Waals surface area contributed by atoms with Crippen LogP contribution in [0.25, 0.3) is 0 Å². The maximum atomic E-state index is 13.0. The number of likely N-dealkylation sites (tertiary alicyclic amines) is 1. The van der Waals surface area contributed by atoms with Crippen molar-refractivity contribution in [1.29, 1.82) is 0 Å².